The molecule has 152 valence electrons. The van der Waals surface area contributed by atoms with Crippen LogP contribution < -0.4 is 20.3 Å². The van der Waals surface area contributed by atoms with Gasteiger partial charge in [0.25, 0.3) is 11.5 Å². The monoisotopic (exact) mass is 395 g/mol. The van der Waals surface area contributed by atoms with Crippen molar-refractivity contribution >= 4 is 11.6 Å². The number of nitrogens with zero attached hydrogens (tertiary/aromatic N) is 2. The lowest BCUT2D eigenvalue weighted by molar-refractivity contribution is 0.102. The number of carbonyl (C=O) groups is 1. The summed E-state index contributed by atoms with van der Waals surface area (Å²) in [4.78, 5) is 25.8. The van der Waals surface area contributed by atoms with Crippen LogP contribution in [-0.4, -0.2) is 28.5 Å². The topological polar surface area (TPSA) is 74.5 Å². The largest absolute Gasteiger partial charge is 0.493 e. The van der Waals surface area contributed by atoms with E-state index in [1.807, 2.05) is 44.2 Å². The first-order valence-corrected chi connectivity index (χ1v) is 9.33. The molecular weight excluding hydrogens is 370 g/mol. The zero-order valence-electron chi connectivity index (χ0n) is 17.2. The first kappa shape index (κ1) is 20.3. The Balaban J connectivity index is 1.93. The fraction of sp³-hybridized carbons (Fsp3) is 0.273. The molecule has 3 aromatic rings. The second-order valence-corrected chi connectivity index (χ2v) is 6.92. The number of carbonyl (C=O) groups excluding carboxylic acids is 1. The Labute approximate surface area is 169 Å². The molecule has 29 heavy (non-hydrogen) atoms. The van der Waals surface area contributed by atoms with Crippen LogP contribution in [0.5, 0.6) is 11.5 Å². The number of ether oxygens (including phenoxy) is 2. The van der Waals surface area contributed by atoms with Gasteiger partial charge in [-0.3, -0.25) is 14.3 Å². The van der Waals surface area contributed by atoms with Gasteiger partial charge in [-0.2, -0.15) is 0 Å². The molecule has 0 radical (unpaired) electrons. The van der Waals surface area contributed by atoms with Crippen molar-refractivity contribution in [1.29, 1.82) is 0 Å². The van der Waals surface area contributed by atoms with E-state index in [-0.39, 0.29) is 17.4 Å². The van der Waals surface area contributed by atoms with Crippen LogP contribution in [0.2, 0.25) is 0 Å². The molecule has 0 aliphatic carbocycles. The Morgan fingerprint density at radius 1 is 1.07 bits per heavy atom. The van der Waals surface area contributed by atoms with Crippen molar-refractivity contribution in [1.82, 2.24) is 9.36 Å². The molecule has 0 aliphatic rings. The summed E-state index contributed by atoms with van der Waals surface area (Å²) in [6.07, 6.45) is -0.0213. The number of hydrogen-bond acceptors (Lipinski definition) is 4. The molecule has 3 rings (SSSR count). The van der Waals surface area contributed by atoms with Gasteiger partial charge in [0.1, 0.15) is 5.69 Å². The zero-order chi connectivity index (χ0) is 21.1. The van der Waals surface area contributed by atoms with E-state index in [9.17, 15) is 9.59 Å². The second-order valence-electron chi connectivity index (χ2n) is 6.92. The Hall–Kier alpha value is -3.48. The number of aromatic nitrogens is 2. The summed E-state index contributed by atoms with van der Waals surface area (Å²) in [5.41, 5.74) is 1.69. The molecule has 0 bridgehead atoms. The van der Waals surface area contributed by atoms with Crippen LogP contribution in [0.1, 0.15) is 29.9 Å². The van der Waals surface area contributed by atoms with Gasteiger partial charge in [0.05, 0.1) is 24.6 Å². The number of nitrogens with one attached hydrogen (secondary N) is 1. The predicted octanol–water partition coefficient (Wildman–Crippen LogP) is 3.53. The third-order valence-corrected chi connectivity index (χ3v) is 4.58. The Bertz CT molecular complexity index is 1080. The highest BCUT2D eigenvalue weighted by molar-refractivity contribution is 6.04. The normalized spacial score (nSPS) is 10.8. The molecule has 0 saturated heterocycles. The van der Waals surface area contributed by atoms with Crippen molar-refractivity contribution < 1.29 is 14.3 Å². The van der Waals surface area contributed by atoms with Gasteiger partial charge in [-0.15, -0.1) is 0 Å². The molecule has 0 spiro atoms. The molecule has 0 atom stereocenters. The van der Waals surface area contributed by atoms with Crippen LogP contribution in [0.3, 0.4) is 0 Å². The standard InChI is InChI=1S/C22H25N3O4/c1-14(2)29-18-12-11-16(13-19(18)28-5)21(26)23-20-15(3)24(4)25(22(20)27)17-9-7-6-8-10-17/h6-14H,1-5H3,(H,23,26). The molecule has 2 aromatic carbocycles. The van der Waals surface area contributed by atoms with E-state index in [1.54, 1.807) is 36.9 Å². The van der Waals surface area contributed by atoms with Crippen molar-refractivity contribution in [3.05, 3.63) is 70.1 Å². The number of anilines is 1. The van der Waals surface area contributed by atoms with Crippen LogP contribution in [0.4, 0.5) is 5.69 Å². The third kappa shape index (κ3) is 4.03. The molecule has 1 aromatic heterocycles. The molecule has 0 saturated carbocycles. The highest BCUT2D eigenvalue weighted by atomic mass is 16.5. The van der Waals surface area contributed by atoms with Crippen molar-refractivity contribution in [2.45, 2.75) is 26.9 Å². The lowest BCUT2D eigenvalue weighted by atomic mass is 10.2. The molecule has 7 heteroatoms. The Morgan fingerprint density at radius 3 is 2.38 bits per heavy atom. The molecule has 0 unspecified atom stereocenters. The number of amides is 1. The van der Waals surface area contributed by atoms with E-state index < -0.39 is 5.91 Å². The predicted molar refractivity (Wildman–Crippen MR) is 112 cm³/mol. The van der Waals surface area contributed by atoms with Gasteiger partial charge in [0.15, 0.2) is 11.5 Å². The average molecular weight is 395 g/mol. The van der Waals surface area contributed by atoms with Gasteiger partial charge in [-0.05, 0) is 51.1 Å². The van der Waals surface area contributed by atoms with Gasteiger partial charge in [-0.25, -0.2) is 4.68 Å². The summed E-state index contributed by atoms with van der Waals surface area (Å²) >= 11 is 0. The lowest BCUT2D eigenvalue weighted by Gasteiger charge is -2.14. The maximum atomic E-state index is 13.0. The maximum Gasteiger partial charge on any atom is 0.295 e. The molecule has 1 amide bonds. The summed E-state index contributed by atoms with van der Waals surface area (Å²) in [6.45, 7) is 5.61. The van der Waals surface area contributed by atoms with E-state index >= 15 is 0 Å². The van der Waals surface area contributed by atoms with Crippen LogP contribution >= 0.6 is 0 Å². The van der Waals surface area contributed by atoms with Crippen molar-refractivity contribution in [3.63, 3.8) is 0 Å². The van der Waals surface area contributed by atoms with E-state index in [4.69, 9.17) is 9.47 Å². The van der Waals surface area contributed by atoms with Crippen molar-refractivity contribution in [2.24, 2.45) is 7.05 Å². The van der Waals surface area contributed by atoms with Crippen LogP contribution in [0, 0.1) is 6.92 Å². The summed E-state index contributed by atoms with van der Waals surface area (Å²) in [5.74, 6) is 0.615. The van der Waals surface area contributed by atoms with Crippen LogP contribution in [0.15, 0.2) is 53.3 Å². The average Bonchev–Trinajstić information content (AvgIpc) is 2.91. The summed E-state index contributed by atoms with van der Waals surface area (Å²) < 4.78 is 14.3. The maximum absolute atomic E-state index is 13.0. The zero-order valence-corrected chi connectivity index (χ0v) is 17.2. The summed E-state index contributed by atoms with van der Waals surface area (Å²) in [7, 11) is 3.30. The molecule has 1 heterocycles. The van der Waals surface area contributed by atoms with Gasteiger partial charge in [0, 0.05) is 12.6 Å². The molecule has 0 fully saturated rings. The SMILES string of the molecule is COc1cc(C(=O)Nc2c(C)n(C)n(-c3ccccc3)c2=O)ccc1OC(C)C. The van der Waals surface area contributed by atoms with Crippen LogP contribution in [-0.2, 0) is 7.05 Å². The molecular formula is C22H25N3O4. The van der Waals surface area contributed by atoms with E-state index in [2.05, 4.69) is 5.32 Å². The number of methoxy groups -OCH3 is 1. The fourth-order valence-corrected chi connectivity index (χ4v) is 3.06. The highest BCUT2D eigenvalue weighted by Gasteiger charge is 2.19. The minimum Gasteiger partial charge on any atom is -0.493 e. The number of rotatable bonds is 6. The highest BCUT2D eigenvalue weighted by Crippen LogP contribution is 2.29. The lowest BCUT2D eigenvalue weighted by Crippen LogP contribution is -2.23. The number of para-hydroxylation sites is 1. The minimum atomic E-state index is -0.398. The quantitative estimate of drug-likeness (QED) is 0.693. The Kier molecular flexibility index (Phi) is 5.77. The third-order valence-electron chi connectivity index (χ3n) is 4.58. The van der Waals surface area contributed by atoms with Gasteiger partial charge in [0.2, 0.25) is 0 Å². The van der Waals surface area contributed by atoms with E-state index in [1.165, 1.54) is 11.8 Å². The minimum absolute atomic E-state index is 0.0213. The van der Waals surface area contributed by atoms with E-state index in [0.717, 1.165) is 5.69 Å². The summed E-state index contributed by atoms with van der Waals surface area (Å²) in [5, 5.41) is 2.75. The number of hydrogen-bond donors (Lipinski definition) is 1. The van der Waals surface area contributed by atoms with Gasteiger partial charge >= 0.3 is 0 Å². The summed E-state index contributed by atoms with van der Waals surface area (Å²) in [6, 6.07) is 14.2. The molecule has 7 nitrogen and oxygen atoms in total. The first-order valence-electron chi connectivity index (χ1n) is 9.33. The Morgan fingerprint density at radius 2 is 1.76 bits per heavy atom. The molecule has 0 aliphatic heterocycles. The van der Waals surface area contributed by atoms with E-state index in [0.29, 0.717) is 22.8 Å². The van der Waals surface area contributed by atoms with Crippen molar-refractivity contribution in [2.75, 3.05) is 12.4 Å². The second kappa shape index (κ2) is 8.26. The first-order chi connectivity index (χ1) is 13.8. The van der Waals surface area contributed by atoms with Crippen LogP contribution in [0.25, 0.3) is 5.69 Å². The van der Waals surface area contributed by atoms with Gasteiger partial charge in [-0.1, -0.05) is 18.2 Å². The van der Waals surface area contributed by atoms with Gasteiger partial charge < -0.3 is 14.8 Å². The fourth-order valence-electron chi connectivity index (χ4n) is 3.06. The molecule has 1 N–H and O–H groups in total. The number of benzene rings is 2. The van der Waals surface area contributed by atoms with Crippen molar-refractivity contribution in [3.8, 4) is 17.2 Å². The smallest absolute Gasteiger partial charge is 0.295 e.